The molecule has 4 nitrogen and oxygen atoms in total. The maximum absolute atomic E-state index is 12.2. The Labute approximate surface area is 128 Å². The van der Waals surface area contributed by atoms with Crippen LogP contribution in [0.5, 0.6) is 0 Å². The van der Waals surface area contributed by atoms with Crippen LogP contribution in [0.25, 0.3) is 0 Å². The van der Waals surface area contributed by atoms with Gasteiger partial charge in [-0.2, -0.15) is 0 Å². The van der Waals surface area contributed by atoms with Crippen LogP contribution in [0.3, 0.4) is 0 Å². The summed E-state index contributed by atoms with van der Waals surface area (Å²) in [5.41, 5.74) is 1.83. The van der Waals surface area contributed by atoms with E-state index in [1.54, 1.807) is 11.9 Å². The number of nitrogens with zero attached hydrogens (tertiary/aromatic N) is 1. The molecule has 2 N–H and O–H groups in total. The molecule has 110 valence electrons. The standard InChI is InChI=1S/C15H21BrN2O2/c1-10-8-12(16)6-7-13(10)17-15(20)18(2)9-11-4-3-5-14(11)19/h6-8,11,14,19H,3-5,9H2,1-2H3,(H,17,20). The monoisotopic (exact) mass is 340 g/mol. The minimum atomic E-state index is -0.264. The van der Waals surface area contributed by atoms with Crippen LogP contribution in [-0.2, 0) is 0 Å². The van der Waals surface area contributed by atoms with E-state index in [4.69, 9.17) is 0 Å². The van der Waals surface area contributed by atoms with Crippen molar-refractivity contribution in [1.29, 1.82) is 0 Å². The molecule has 2 rings (SSSR count). The van der Waals surface area contributed by atoms with E-state index >= 15 is 0 Å². The molecule has 0 spiro atoms. The van der Waals surface area contributed by atoms with Crippen molar-refractivity contribution in [3.05, 3.63) is 28.2 Å². The van der Waals surface area contributed by atoms with Crippen LogP contribution >= 0.6 is 15.9 Å². The van der Waals surface area contributed by atoms with Crippen molar-refractivity contribution >= 4 is 27.6 Å². The largest absolute Gasteiger partial charge is 0.393 e. The molecular weight excluding hydrogens is 320 g/mol. The van der Waals surface area contributed by atoms with E-state index in [2.05, 4.69) is 21.2 Å². The molecule has 0 aliphatic heterocycles. The summed E-state index contributed by atoms with van der Waals surface area (Å²) in [4.78, 5) is 13.8. The highest BCUT2D eigenvalue weighted by atomic mass is 79.9. The van der Waals surface area contributed by atoms with Crippen LogP contribution in [0, 0.1) is 12.8 Å². The number of halogens is 1. The Kier molecular flexibility index (Phi) is 5.05. The fourth-order valence-corrected chi connectivity index (χ4v) is 3.12. The number of aliphatic hydroxyl groups excluding tert-OH is 1. The van der Waals surface area contributed by atoms with Gasteiger partial charge in [-0.15, -0.1) is 0 Å². The predicted octanol–water partition coefficient (Wildman–Crippen LogP) is 3.38. The zero-order chi connectivity index (χ0) is 14.7. The number of hydrogen-bond donors (Lipinski definition) is 2. The first kappa shape index (κ1) is 15.3. The van der Waals surface area contributed by atoms with Gasteiger partial charge in [-0.05, 0) is 43.5 Å². The van der Waals surface area contributed by atoms with Gasteiger partial charge in [0.1, 0.15) is 0 Å². The molecule has 1 fully saturated rings. The van der Waals surface area contributed by atoms with E-state index in [1.807, 2.05) is 25.1 Å². The third-order valence-corrected chi connectivity index (χ3v) is 4.40. The van der Waals surface area contributed by atoms with Crippen molar-refractivity contribution in [1.82, 2.24) is 4.90 Å². The summed E-state index contributed by atoms with van der Waals surface area (Å²) in [6, 6.07) is 5.63. The van der Waals surface area contributed by atoms with Crippen molar-refractivity contribution < 1.29 is 9.90 Å². The van der Waals surface area contributed by atoms with E-state index in [1.165, 1.54) is 0 Å². The Hall–Kier alpha value is -1.07. The molecule has 1 aliphatic rings. The van der Waals surface area contributed by atoms with Crippen molar-refractivity contribution in [2.75, 3.05) is 18.9 Å². The molecule has 5 heteroatoms. The van der Waals surface area contributed by atoms with Crippen molar-refractivity contribution in [3.63, 3.8) is 0 Å². The fraction of sp³-hybridized carbons (Fsp3) is 0.533. The summed E-state index contributed by atoms with van der Waals surface area (Å²) in [6.07, 6.45) is 2.63. The molecule has 1 aromatic rings. The average molecular weight is 341 g/mol. The molecule has 1 aliphatic carbocycles. The molecule has 0 saturated heterocycles. The van der Waals surface area contributed by atoms with Gasteiger partial charge in [0.2, 0.25) is 0 Å². The molecule has 2 unspecified atom stereocenters. The third-order valence-electron chi connectivity index (χ3n) is 3.90. The molecule has 1 saturated carbocycles. The van der Waals surface area contributed by atoms with Gasteiger partial charge in [-0.25, -0.2) is 4.79 Å². The zero-order valence-corrected chi connectivity index (χ0v) is 13.5. The quantitative estimate of drug-likeness (QED) is 0.886. The van der Waals surface area contributed by atoms with Crippen LogP contribution in [0.15, 0.2) is 22.7 Å². The summed E-state index contributed by atoms with van der Waals surface area (Å²) >= 11 is 3.41. The molecule has 0 heterocycles. The highest BCUT2D eigenvalue weighted by Crippen LogP contribution is 2.26. The molecule has 20 heavy (non-hydrogen) atoms. The first-order valence-corrected chi connectivity index (χ1v) is 7.73. The maximum Gasteiger partial charge on any atom is 0.321 e. The number of carbonyl (C=O) groups excluding carboxylic acids is 1. The van der Waals surface area contributed by atoms with Crippen LogP contribution < -0.4 is 5.32 Å². The minimum Gasteiger partial charge on any atom is -0.393 e. The van der Waals surface area contributed by atoms with Crippen molar-refractivity contribution in [2.45, 2.75) is 32.3 Å². The van der Waals surface area contributed by atoms with Crippen molar-refractivity contribution in [3.8, 4) is 0 Å². The second-order valence-corrected chi connectivity index (χ2v) is 6.44. The Bertz CT molecular complexity index is 493. The van der Waals surface area contributed by atoms with Crippen LogP contribution in [0.2, 0.25) is 0 Å². The number of carbonyl (C=O) groups is 1. The van der Waals surface area contributed by atoms with Gasteiger partial charge in [0, 0.05) is 29.7 Å². The summed E-state index contributed by atoms with van der Waals surface area (Å²) in [5.74, 6) is 0.205. The second kappa shape index (κ2) is 6.59. The molecule has 2 atom stereocenters. The lowest BCUT2D eigenvalue weighted by Crippen LogP contribution is -2.37. The third kappa shape index (κ3) is 3.73. The Morgan fingerprint density at radius 2 is 2.25 bits per heavy atom. The van der Waals surface area contributed by atoms with E-state index in [0.717, 1.165) is 35.0 Å². The molecule has 1 aromatic carbocycles. The number of rotatable bonds is 3. The molecule has 0 radical (unpaired) electrons. The van der Waals surface area contributed by atoms with Gasteiger partial charge in [-0.3, -0.25) is 0 Å². The summed E-state index contributed by atoms with van der Waals surface area (Å²) < 4.78 is 0.996. The molecule has 0 aromatic heterocycles. The topological polar surface area (TPSA) is 52.6 Å². The number of aryl methyl sites for hydroxylation is 1. The maximum atomic E-state index is 12.2. The van der Waals surface area contributed by atoms with Gasteiger partial charge in [0.25, 0.3) is 0 Å². The highest BCUT2D eigenvalue weighted by Gasteiger charge is 2.27. The first-order valence-electron chi connectivity index (χ1n) is 6.93. The number of amides is 2. The number of anilines is 1. The van der Waals surface area contributed by atoms with E-state index < -0.39 is 0 Å². The van der Waals surface area contributed by atoms with Gasteiger partial charge >= 0.3 is 6.03 Å². The number of urea groups is 1. The molecule has 0 bridgehead atoms. The fourth-order valence-electron chi connectivity index (χ4n) is 2.64. The van der Waals surface area contributed by atoms with E-state index in [9.17, 15) is 9.90 Å². The average Bonchev–Trinajstić information content (AvgIpc) is 2.78. The van der Waals surface area contributed by atoms with Crippen molar-refractivity contribution in [2.24, 2.45) is 5.92 Å². The van der Waals surface area contributed by atoms with Crippen LogP contribution in [-0.4, -0.2) is 35.7 Å². The number of nitrogens with one attached hydrogen (secondary N) is 1. The summed E-state index contributed by atoms with van der Waals surface area (Å²) in [6.45, 7) is 2.56. The lowest BCUT2D eigenvalue weighted by molar-refractivity contribution is 0.116. The minimum absolute atomic E-state index is 0.130. The lowest BCUT2D eigenvalue weighted by Gasteiger charge is -2.24. The lowest BCUT2D eigenvalue weighted by atomic mass is 10.1. The number of benzene rings is 1. The van der Waals surface area contributed by atoms with Gasteiger partial charge < -0.3 is 15.3 Å². The SMILES string of the molecule is Cc1cc(Br)ccc1NC(=O)N(C)CC1CCCC1O. The van der Waals surface area contributed by atoms with Crippen LogP contribution in [0.1, 0.15) is 24.8 Å². The molecule has 2 amide bonds. The van der Waals surface area contributed by atoms with E-state index in [0.29, 0.717) is 6.54 Å². The molecular formula is C15H21BrN2O2. The number of aliphatic hydroxyl groups is 1. The summed E-state index contributed by atoms with van der Waals surface area (Å²) in [5, 5.41) is 12.7. The van der Waals surface area contributed by atoms with Gasteiger partial charge in [-0.1, -0.05) is 22.4 Å². The first-order chi connectivity index (χ1) is 9.47. The Balaban J connectivity index is 1.93. The van der Waals surface area contributed by atoms with Gasteiger partial charge in [0.05, 0.1) is 6.10 Å². The smallest absolute Gasteiger partial charge is 0.321 e. The Morgan fingerprint density at radius 3 is 2.85 bits per heavy atom. The second-order valence-electron chi connectivity index (χ2n) is 5.53. The highest BCUT2D eigenvalue weighted by molar-refractivity contribution is 9.10. The summed E-state index contributed by atoms with van der Waals surface area (Å²) in [7, 11) is 1.77. The zero-order valence-electron chi connectivity index (χ0n) is 11.9. The van der Waals surface area contributed by atoms with E-state index in [-0.39, 0.29) is 18.1 Å². The van der Waals surface area contributed by atoms with Gasteiger partial charge in [0.15, 0.2) is 0 Å². The number of hydrogen-bond acceptors (Lipinski definition) is 2. The Morgan fingerprint density at radius 1 is 1.50 bits per heavy atom. The van der Waals surface area contributed by atoms with Crippen LogP contribution in [0.4, 0.5) is 10.5 Å². The predicted molar refractivity (Wildman–Crippen MR) is 83.9 cm³/mol. The normalized spacial score (nSPS) is 21.8.